The topological polar surface area (TPSA) is 87.5 Å². The Morgan fingerprint density at radius 2 is 1.97 bits per heavy atom. The first-order valence-electron chi connectivity index (χ1n) is 10.6. The molecule has 0 radical (unpaired) electrons. The van der Waals surface area contributed by atoms with E-state index < -0.39 is 5.97 Å². The van der Waals surface area contributed by atoms with Crippen molar-refractivity contribution in [2.24, 2.45) is 5.10 Å². The van der Waals surface area contributed by atoms with Crippen molar-refractivity contribution >= 4 is 49.7 Å². The average molecular weight is 463 g/mol. The molecular formula is C24H22N4O2S2. The Balaban J connectivity index is 1.49. The molecule has 0 aliphatic heterocycles. The molecule has 6 nitrogen and oxygen atoms in total. The van der Waals surface area contributed by atoms with Gasteiger partial charge in [-0.05, 0) is 48.9 Å². The molecule has 0 unspecified atom stereocenters. The molecule has 0 amide bonds. The van der Waals surface area contributed by atoms with Gasteiger partial charge in [0, 0.05) is 16.0 Å². The van der Waals surface area contributed by atoms with E-state index in [0.29, 0.717) is 0 Å². The first-order chi connectivity index (χ1) is 15.5. The van der Waals surface area contributed by atoms with Crippen molar-refractivity contribution in [3.63, 3.8) is 0 Å². The van der Waals surface area contributed by atoms with Gasteiger partial charge in [0.15, 0.2) is 5.69 Å². The number of hydrazone groups is 1. The molecule has 2 heterocycles. The summed E-state index contributed by atoms with van der Waals surface area (Å²) < 4.78 is 1.13. The van der Waals surface area contributed by atoms with Gasteiger partial charge in [0.2, 0.25) is 5.13 Å². The normalized spacial score (nSPS) is 14.8. The zero-order valence-electron chi connectivity index (χ0n) is 17.8. The van der Waals surface area contributed by atoms with Crippen molar-refractivity contribution in [3.05, 3.63) is 64.2 Å². The summed E-state index contributed by atoms with van der Waals surface area (Å²) in [6.07, 6.45) is 2.93. The van der Waals surface area contributed by atoms with Crippen molar-refractivity contribution in [2.45, 2.75) is 39.0 Å². The van der Waals surface area contributed by atoms with Crippen LogP contribution in [-0.4, -0.2) is 26.8 Å². The van der Waals surface area contributed by atoms with E-state index in [9.17, 15) is 9.90 Å². The molecule has 4 aromatic rings. The Morgan fingerprint density at radius 3 is 2.72 bits per heavy atom. The second kappa shape index (κ2) is 8.44. The van der Waals surface area contributed by atoms with Crippen LogP contribution in [0.15, 0.2) is 47.6 Å². The van der Waals surface area contributed by atoms with Gasteiger partial charge in [-0.25, -0.2) is 14.8 Å². The molecule has 2 aromatic heterocycles. The number of carbonyl (C=O) groups is 1. The zero-order valence-corrected chi connectivity index (χ0v) is 19.4. The van der Waals surface area contributed by atoms with Crippen LogP contribution in [0.1, 0.15) is 59.1 Å². The van der Waals surface area contributed by atoms with Crippen LogP contribution in [-0.2, 0) is 6.42 Å². The van der Waals surface area contributed by atoms with Gasteiger partial charge in [0.25, 0.3) is 0 Å². The molecular weight excluding hydrogens is 440 g/mol. The SMILES string of the molecule is CC(C)c1sc(-c2ccc3c(c2)/C(=N/Nc2nc4ccccc4s2)CCC3)nc1C(=O)O. The van der Waals surface area contributed by atoms with Gasteiger partial charge < -0.3 is 5.11 Å². The molecule has 0 saturated heterocycles. The third kappa shape index (κ3) is 3.91. The van der Waals surface area contributed by atoms with E-state index in [4.69, 9.17) is 5.10 Å². The predicted octanol–water partition coefficient (Wildman–Crippen LogP) is 6.39. The summed E-state index contributed by atoms with van der Waals surface area (Å²) in [7, 11) is 0. The Labute approximate surface area is 193 Å². The molecule has 1 aliphatic rings. The summed E-state index contributed by atoms with van der Waals surface area (Å²) in [5, 5.41) is 15.8. The number of rotatable bonds is 5. The molecule has 5 rings (SSSR count). The van der Waals surface area contributed by atoms with Crippen LogP contribution in [0.5, 0.6) is 0 Å². The van der Waals surface area contributed by atoms with Gasteiger partial charge >= 0.3 is 5.97 Å². The molecule has 32 heavy (non-hydrogen) atoms. The van der Waals surface area contributed by atoms with Gasteiger partial charge in [-0.1, -0.05) is 49.4 Å². The van der Waals surface area contributed by atoms with Gasteiger partial charge in [0.1, 0.15) is 5.01 Å². The number of aromatic nitrogens is 2. The maximum Gasteiger partial charge on any atom is 0.355 e. The number of aryl methyl sites for hydroxylation is 1. The Kier molecular flexibility index (Phi) is 5.48. The van der Waals surface area contributed by atoms with Crippen molar-refractivity contribution in [2.75, 3.05) is 5.43 Å². The van der Waals surface area contributed by atoms with Crippen molar-refractivity contribution in [1.82, 2.24) is 9.97 Å². The summed E-state index contributed by atoms with van der Waals surface area (Å²) in [6, 6.07) is 14.3. The smallest absolute Gasteiger partial charge is 0.355 e. The maximum absolute atomic E-state index is 11.7. The lowest BCUT2D eigenvalue weighted by atomic mass is 9.89. The van der Waals surface area contributed by atoms with E-state index in [1.807, 2.05) is 38.1 Å². The number of thiazole rings is 2. The monoisotopic (exact) mass is 462 g/mol. The number of hydrogen-bond acceptors (Lipinski definition) is 7. The highest BCUT2D eigenvalue weighted by molar-refractivity contribution is 7.22. The molecule has 0 spiro atoms. The molecule has 0 bridgehead atoms. The predicted molar refractivity (Wildman–Crippen MR) is 131 cm³/mol. The summed E-state index contributed by atoms with van der Waals surface area (Å²) in [5.74, 6) is -0.864. The Bertz CT molecular complexity index is 1320. The van der Waals surface area contributed by atoms with E-state index in [1.165, 1.54) is 16.9 Å². The van der Waals surface area contributed by atoms with E-state index in [-0.39, 0.29) is 11.6 Å². The fourth-order valence-corrected chi connectivity index (χ4v) is 5.79. The van der Waals surface area contributed by atoms with Crippen LogP contribution >= 0.6 is 22.7 Å². The summed E-state index contributed by atoms with van der Waals surface area (Å²) >= 11 is 3.04. The van der Waals surface area contributed by atoms with E-state index in [2.05, 4.69) is 33.6 Å². The fraction of sp³-hybridized carbons (Fsp3) is 0.250. The van der Waals surface area contributed by atoms with Gasteiger partial charge in [0.05, 0.1) is 15.9 Å². The average Bonchev–Trinajstić information content (AvgIpc) is 3.42. The summed E-state index contributed by atoms with van der Waals surface area (Å²) in [5.41, 5.74) is 8.54. The lowest BCUT2D eigenvalue weighted by Crippen LogP contribution is -2.13. The lowest BCUT2D eigenvalue weighted by Gasteiger charge is -2.18. The Hall–Kier alpha value is -3.10. The highest BCUT2D eigenvalue weighted by Crippen LogP contribution is 2.35. The van der Waals surface area contributed by atoms with Crippen molar-refractivity contribution < 1.29 is 9.90 Å². The summed E-state index contributed by atoms with van der Waals surface area (Å²) in [6.45, 7) is 3.99. The van der Waals surface area contributed by atoms with Crippen LogP contribution in [0.25, 0.3) is 20.8 Å². The van der Waals surface area contributed by atoms with Gasteiger partial charge in [-0.3, -0.25) is 5.43 Å². The molecule has 8 heteroatoms. The van der Waals surface area contributed by atoms with Crippen LogP contribution in [0.3, 0.4) is 0 Å². The molecule has 0 atom stereocenters. The third-order valence-electron chi connectivity index (χ3n) is 5.49. The number of benzene rings is 2. The number of aromatic carboxylic acids is 1. The number of carboxylic acids is 1. The van der Waals surface area contributed by atoms with Crippen LogP contribution in [0.2, 0.25) is 0 Å². The van der Waals surface area contributed by atoms with Crippen LogP contribution in [0, 0.1) is 0 Å². The number of anilines is 1. The Morgan fingerprint density at radius 1 is 1.12 bits per heavy atom. The molecule has 2 N–H and O–H groups in total. The second-order valence-electron chi connectivity index (χ2n) is 8.07. The van der Waals surface area contributed by atoms with Crippen LogP contribution < -0.4 is 5.43 Å². The lowest BCUT2D eigenvalue weighted by molar-refractivity contribution is 0.0690. The highest BCUT2D eigenvalue weighted by atomic mass is 32.1. The second-order valence-corrected chi connectivity index (χ2v) is 10.1. The zero-order chi connectivity index (χ0) is 22.2. The first-order valence-corrected chi connectivity index (χ1v) is 12.2. The number of nitrogens with one attached hydrogen (secondary N) is 1. The minimum atomic E-state index is -0.976. The van der Waals surface area contributed by atoms with Crippen molar-refractivity contribution in [1.29, 1.82) is 0 Å². The number of carboxylic acid groups (broad SMARTS) is 1. The third-order valence-corrected chi connectivity index (χ3v) is 7.83. The van der Waals surface area contributed by atoms with Crippen LogP contribution in [0.4, 0.5) is 5.13 Å². The van der Waals surface area contributed by atoms with E-state index in [1.54, 1.807) is 11.3 Å². The number of fused-ring (bicyclic) bond motifs is 2. The minimum absolute atomic E-state index is 0.111. The maximum atomic E-state index is 11.7. The number of hydrogen-bond donors (Lipinski definition) is 2. The van der Waals surface area contributed by atoms with Gasteiger partial charge in [-0.2, -0.15) is 5.10 Å². The minimum Gasteiger partial charge on any atom is -0.476 e. The largest absolute Gasteiger partial charge is 0.476 e. The molecule has 0 fully saturated rings. The molecule has 1 aliphatic carbocycles. The fourth-order valence-electron chi connectivity index (χ4n) is 3.93. The molecule has 162 valence electrons. The standard InChI is InChI=1S/C24H22N4O2S2/c1-13(2)21-20(23(29)30)26-22(32-21)15-11-10-14-6-5-8-17(16(14)12-15)27-28-24-25-18-7-3-4-9-19(18)31-24/h3-4,7,9-13H,5-6,8H2,1-2H3,(H,25,28)(H,29,30)/b27-17+. The number of nitrogens with zero attached hydrogens (tertiary/aromatic N) is 3. The van der Waals surface area contributed by atoms with Gasteiger partial charge in [-0.15, -0.1) is 11.3 Å². The molecule has 0 saturated carbocycles. The number of para-hydroxylation sites is 1. The van der Waals surface area contributed by atoms with E-state index in [0.717, 1.165) is 61.3 Å². The van der Waals surface area contributed by atoms with E-state index >= 15 is 0 Å². The molecule has 2 aromatic carbocycles. The quantitative estimate of drug-likeness (QED) is 0.335. The van der Waals surface area contributed by atoms with Crippen molar-refractivity contribution in [3.8, 4) is 10.6 Å². The first kappa shape index (κ1) is 20.8. The highest BCUT2D eigenvalue weighted by Gasteiger charge is 2.22. The summed E-state index contributed by atoms with van der Waals surface area (Å²) in [4.78, 5) is 21.5.